The number of ketones is 1. The molecule has 15 heteroatoms. The fourth-order valence-corrected chi connectivity index (χ4v) is 5.71. The Morgan fingerprint density at radius 2 is 1.72 bits per heavy atom. The van der Waals surface area contributed by atoms with E-state index < -0.39 is 42.3 Å². The molecule has 50 heavy (non-hydrogen) atoms. The number of amides is 2. The molecule has 0 bridgehead atoms. The number of aliphatic hydroxyl groups excluding tert-OH is 1. The number of imidazole rings is 1. The molecule has 3 N–H and O–H groups in total. The van der Waals surface area contributed by atoms with Crippen LogP contribution in [0.3, 0.4) is 0 Å². The molecule has 0 fully saturated rings. The van der Waals surface area contributed by atoms with Crippen LogP contribution in [-0.2, 0) is 35.3 Å². The van der Waals surface area contributed by atoms with Crippen molar-refractivity contribution in [1.29, 1.82) is 0 Å². The topological polar surface area (TPSA) is 195 Å². The largest absolute Gasteiger partial charge is 0.460 e. The van der Waals surface area contributed by atoms with Gasteiger partial charge in [0.2, 0.25) is 11.9 Å². The van der Waals surface area contributed by atoms with E-state index in [4.69, 9.17) is 14.2 Å². The molecule has 2 atom stereocenters. The fraction of sp³-hybridized carbons (Fsp3) is 0.400. The third-order valence-electron chi connectivity index (χ3n) is 8.41. The van der Waals surface area contributed by atoms with Crippen LogP contribution in [0.4, 0.5) is 10.7 Å². The number of esters is 1. The predicted octanol–water partition coefficient (Wildman–Crippen LogP) is 3.36. The Morgan fingerprint density at radius 3 is 2.38 bits per heavy atom. The summed E-state index contributed by atoms with van der Waals surface area (Å²) in [5, 5.41) is 12.4. The van der Waals surface area contributed by atoms with Crippen molar-refractivity contribution in [2.24, 2.45) is 0 Å². The lowest BCUT2D eigenvalue weighted by Gasteiger charge is -2.22. The molecule has 1 aliphatic carbocycles. The zero-order chi connectivity index (χ0) is 35.8. The summed E-state index contributed by atoms with van der Waals surface area (Å²) in [7, 11) is 1.60. The van der Waals surface area contributed by atoms with Crippen molar-refractivity contribution in [1.82, 2.24) is 24.4 Å². The summed E-state index contributed by atoms with van der Waals surface area (Å²) in [4.78, 5) is 73.6. The summed E-state index contributed by atoms with van der Waals surface area (Å²) in [5.74, 6) is -1.34. The SMILES string of the molecule is CC(=O)CCC(=O)OC(C)[C@@H](CO)OCn1cnc2c(=O)[nH]c(NC(=O)CCCN(C)C(=O)OCC3c4ccccc4-c4ccccc43)nc21. The summed E-state index contributed by atoms with van der Waals surface area (Å²) in [5.41, 5.74) is 4.03. The maximum absolute atomic E-state index is 12.8. The number of nitrogens with zero attached hydrogens (tertiary/aromatic N) is 4. The summed E-state index contributed by atoms with van der Waals surface area (Å²) in [6.45, 7) is 2.69. The van der Waals surface area contributed by atoms with Crippen molar-refractivity contribution >= 4 is 40.9 Å². The quantitative estimate of drug-likeness (QED) is 0.146. The fourth-order valence-electron chi connectivity index (χ4n) is 5.71. The predicted molar refractivity (Wildman–Crippen MR) is 181 cm³/mol. The van der Waals surface area contributed by atoms with Crippen molar-refractivity contribution in [2.45, 2.75) is 64.4 Å². The molecule has 1 aliphatic rings. The number of fused-ring (bicyclic) bond motifs is 4. The van der Waals surface area contributed by atoms with Crippen molar-refractivity contribution in [3.63, 3.8) is 0 Å². The number of benzene rings is 2. The zero-order valence-electron chi connectivity index (χ0n) is 28.1. The summed E-state index contributed by atoms with van der Waals surface area (Å²) >= 11 is 0. The second-order valence-corrected chi connectivity index (χ2v) is 12.1. The number of aromatic amines is 1. The van der Waals surface area contributed by atoms with Gasteiger partial charge in [0.15, 0.2) is 11.2 Å². The number of H-pyrrole nitrogens is 1. The van der Waals surface area contributed by atoms with Crippen LogP contribution >= 0.6 is 0 Å². The van der Waals surface area contributed by atoms with Gasteiger partial charge in [0.25, 0.3) is 5.56 Å². The molecule has 2 aromatic carbocycles. The summed E-state index contributed by atoms with van der Waals surface area (Å²) in [6.07, 6.45) is -0.602. The number of anilines is 1. The van der Waals surface area contributed by atoms with Gasteiger partial charge in [-0.2, -0.15) is 4.98 Å². The standard InChI is InChI=1S/C35H40N6O9/c1-21(43)14-15-30(45)50-22(2)28(17-42)49-20-41-19-36-31-32(41)38-34(39-33(31)46)37-29(44)13-8-16-40(3)35(47)48-18-27-25-11-6-4-9-23(25)24-10-5-7-12-26(24)27/h4-7,9-12,19,22,27-28,42H,8,13-18,20H2,1-3H3,(H2,37,38,39,44,46)/t22?,28-/m1/s1. The Labute approximate surface area is 287 Å². The average Bonchev–Trinajstić information content (AvgIpc) is 3.65. The number of rotatable bonds is 16. The van der Waals surface area contributed by atoms with Gasteiger partial charge >= 0.3 is 12.1 Å². The van der Waals surface area contributed by atoms with Gasteiger partial charge in [0.1, 0.15) is 31.3 Å². The molecular formula is C35H40N6O9. The van der Waals surface area contributed by atoms with E-state index in [-0.39, 0.29) is 68.0 Å². The number of aliphatic hydroxyl groups is 1. The van der Waals surface area contributed by atoms with Crippen LogP contribution in [0.5, 0.6) is 0 Å². The molecule has 2 aromatic heterocycles. The molecule has 0 radical (unpaired) electrons. The van der Waals surface area contributed by atoms with Gasteiger partial charge in [-0.15, -0.1) is 0 Å². The highest BCUT2D eigenvalue weighted by atomic mass is 16.6. The van der Waals surface area contributed by atoms with Crippen LogP contribution < -0.4 is 10.9 Å². The lowest BCUT2D eigenvalue weighted by molar-refractivity contribution is -0.161. The highest BCUT2D eigenvalue weighted by Gasteiger charge is 2.29. The third kappa shape index (κ3) is 8.59. The Bertz CT molecular complexity index is 1880. The molecule has 2 amide bonds. The molecule has 1 unspecified atom stereocenters. The van der Waals surface area contributed by atoms with Crippen LogP contribution in [0.1, 0.15) is 56.6 Å². The first-order valence-corrected chi connectivity index (χ1v) is 16.3. The molecule has 264 valence electrons. The van der Waals surface area contributed by atoms with Crippen molar-refractivity contribution in [2.75, 3.05) is 32.1 Å². The Balaban J connectivity index is 1.10. The van der Waals surface area contributed by atoms with Gasteiger partial charge in [-0.3, -0.25) is 29.3 Å². The first-order chi connectivity index (χ1) is 24.0. The number of nitrogens with one attached hydrogen (secondary N) is 2. The zero-order valence-corrected chi connectivity index (χ0v) is 28.1. The molecular weight excluding hydrogens is 648 g/mol. The number of ether oxygens (including phenoxy) is 3. The van der Waals surface area contributed by atoms with Crippen LogP contribution in [0, 0.1) is 0 Å². The molecule has 15 nitrogen and oxygen atoms in total. The van der Waals surface area contributed by atoms with Crippen LogP contribution in [0.2, 0.25) is 0 Å². The number of carbonyl (C=O) groups excluding carboxylic acids is 4. The summed E-state index contributed by atoms with van der Waals surface area (Å²) < 4.78 is 18.0. The van der Waals surface area contributed by atoms with Crippen molar-refractivity contribution < 1.29 is 38.5 Å². The first-order valence-electron chi connectivity index (χ1n) is 16.3. The Kier molecular flexibility index (Phi) is 11.7. The number of Topliss-reactive ketones (excluding diaryl/α,β-unsaturated/α-hetero) is 1. The Morgan fingerprint density at radius 1 is 1.04 bits per heavy atom. The van der Waals surface area contributed by atoms with E-state index in [1.165, 1.54) is 22.7 Å². The highest BCUT2D eigenvalue weighted by molar-refractivity contribution is 5.89. The first kappa shape index (κ1) is 35.9. The van der Waals surface area contributed by atoms with E-state index in [1.54, 1.807) is 14.0 Å². The second kappa shape index (κ2) is 16.3. The number of aromatic nitrogens is 4. The molecule has 5 rings (SSSR count). The minimum absolute atomic E-state index is 0.000531. The molecule has 0 saturated heterocycles. The van der Waals surface area contributed by atoms with Gasteiger partial charge in [-0.1, -0.05) is 48.5 Å². The minimum Gasteiger partial charge on any atom is -0.460 e. The third-order valence-corrected chi connectivity index (χ3v) is 8.41. The monoisotopic (exact) mass is 688 g/mol. The van der Waals surface area contributed by atoms with Gasteiger partial charge in [-0.25, -0.2) is 9.78 Å². The molecule has 0 aliphatic heterocycles. The maximum Gasteiger partial charge on any atom is 0.409 e. The number of hydrogen-bond donors (Lipinski definition) is 3. The lowest BCUT2D eigenvalue weighted by Crippen LogP contribution is -2.34. The molecule has 0 saturated carbocycles. The van der Waals surface area contributed by atoms with Crippen LogP contribution in [-0.4, -0.2) is 92.3 Å². The van der Waals surface area contributed by atoms with Gasteiger partial charge in [0, 0.05) is 32.4 Å². The van der Waals surface area contributed by atoms with Crippen molar-refractivity contribution in [3.05, 3.63) is 76.3 Å². The highest BCUT2D eigenvalue weighted by Crippen LogP contribution is 2.44. The smallest absolute Gasteiger partial charge is 0.409 e. The normalized spacial score (nSPS) is 13.3. The van der Waals surface area contributed by atoms with E-state index in [0.29, 0.717) is 6.42 Å². The molecule has 0 spiro atoms. The Hall–Kier alpha value is -5.41. The van der Waals surface area contributed by atoms with E-state index in [0.717, 1.165) is 22.3 Å². The van der Waals surface area contributed by atoms with E-state index in [1.807, 2.05) is 36.4 Å². The second-order valence-electron chi connectivity index (χ2n) is 12.1. The van der Waals surface area contributed by atoms with Crippen LogP contribution in [0.15, 0.2) is 59.7 Å². The number of carbonyl (C=O) groups is 4. The van der Waals surface area contributed by atoms with E-state index in [9.17, 15) is 29.1 Å². The van der Waals surface area contributed by atoms with Gasteiger partial charge in [0.05, 0.1) is 19.4 Å². The average molecular weight is 689 g/mol. The van der Waals surface area contributed by atoms with Gasteiger partial charge in [-0.05, 0) is 42.5 Å². The molecule has 2 heterocycles. The van der Waals surface area contributed by atoms with Crippen LogP contribution in [0.25, 0.3) is 22.3 Å². The maximum atomic E-state index is 12.8. The number of hydrogen-bond acceptors (Lipinski definition) is 11. The van der Waals surface area contributed by atoms with Gasteiger partial charge < -0.3 is 29.0 Å². The van der Waals surface area contributed by atoms with E-state index in [2.05, 4.69) is 32.4 Å². The van der Waals surface area contributed by atoms with E-state index >= 15 is 0 Å². The van der Waals surface area contributed by atoms with Crippen molar-refractivity contribution in [3.8, 4) is 11.1 Å². The summed E-state index contributed by atoms with van der Waals surface area (Å²) in [6, 6.07) is 16.2. The lowest BCUT2D eigenvalue weighted by atomic mass is 9.98. The minimum atomic E-state index is -0.915. The molecule has 4 aromatic rings.